The molecule has 8 heteroatoms. The minimum Gasteiger partial charge on any atom is -0.371 e. The number of ketones is 2. The molecule has 40 heavy (non-hydrogen) atoms. The maximum atomic E-state index is 13.4. The van der Waals surface area contributed by atoms with Crippen molar-refractivity contribution in [2.24, 2.45) is 0 Å². The van der Waals surface area contributed by atoms with Crippen LogP contribution < -0.4 is 9.80 Å². The number of hydrogen-bond acceptors (Lipinski definition) is 8. The minimum atomic E-state index is -0.0756. The molecular weight excluding hydrogens is 508 g/mol. The van der Waals surface area contributed by atoms with Crippen LogP contribution in [0.4, 0.5) is 11.4 Å². The lowest BCUT2D eigenvalue weighted by molar-refractivity contribution is 0.102. The molecule has 3 aromatic carbocycles. The Morgan fingerprint density at radius 1 is 0.525 bits per heavy atom. The number of anilines is 2. The Kier molecular flexibility index (Phi) is 6.85. The zero-order chi connectivity index (χ0) is 27.1. The van der Waals surface area contributed by atoms with E-state index in [9.17, 15) is 9.59 Å². The highest BCUT2D eigenvalue weighted by atomic mass is 16.6. The summed E-state index contributed by atoms with van der Waals surface area (Å²) in [7, 11) is 0. The van der Waals surface area contributed by atoms with E-state index in [0.717, 1.165) is 64.0 Å². The number of hydrogen-bond donors (Lipinski definition) is 0. The van der Waals surface area contributed by atoms with Gasteiger partial charge in [0.15, 0.2) is 11.6 Å². The number of ether oxygens (including phenoxy) is 4. The Hall–Kier alpha value is -3.56. The Morgan fingerprint density at radius 2 is 0.850 bits per heavy atom. The number of epoxide rings is 4. The molecule has 0 aliphatic carbocycles. The lowest BCUT2D eigenvalue weighted by atomic mass is 9.98. The van der Waals surface area contributed by atoms with E-state index in [4.69, 9.17) is 18.9 Å². The van der Waals surface area contributed by atoms with Crippen LogP contribution in [-0.4, -0.2) is 88.6 Å². The molecule has 7 rings (SSSR count). The largest absolute Gasteiger partial charge is 0.371 e. The van der Waals surface area contributed by atoms with Gasteiger partial charge in [-0.25, -0.2) is 0 Å². The van der Waals surface area contributed by atoms with Gasteiger partial charge in [0, 0.05) is 59.8 Å². The number of rotatable bonds is 14. The zero-order valence-electron chi connectivity index (χ0n) is 22.2. The van der Waals surface area contributed by atoms with E-state index in [-0.39, 0.29) is 36.0 Å². The van der Waals surface area contributed by atoms with E-state index >= 15 is 0 Å². The van der Waals surface area contributed by atoms with E-state index in [1.807, 2.05) is 48.5 Å². The summed E-state index contributed by atoms with van der Waals surface area (Å²) in [4.78, 5) is 31.2. The molecule has 4 aliphatic heterocycles. The van der Waals surface area contributed by atoms with Crippen molar-refractivity contribution in [1.29, 1.82) is 0 Å². The lowest BCUT2D eigenvalue weighted by Gasteiger charge is -2.24. The summed E-state index contributed by atoms with van der Waals surface area (Å²) in [6.45, 7) is 6.26. The fourth-order valence-corrected chi connectivity index (χ4v) is 5.04. The van der Waals surface area contributed by atoms with Crippen molar-refractivity contribution in [3.05, 3.63) is 95.1 Å². The summed E-state index contributed by atoms with van der Waals surface area (Å²) >= 11 is 0. The van der Waals surface area contributed by atoms with Gasteiger partial charge in [-0.1, -0.05) is 48.5 Å². The number of nitrogens with zero attached hydrogens (tertiary/aromatic N) is 2. The van der Waals surface area contributed by atoms with E-state index in [2.05, 4.69) is 9.80 Å². The highest BCUT2D eigenvalue weighted by Gasteiger charge is 2.32. The van der Waals surface area contributed by atoms with Crippen LogP contribution in [-0.2, 0) is 18.9 Å². The van der Waals surface area contributed by atoms with Crippen LogP contribution >= 0.6 is 0 Å². The topological polar surface area (TPSA) is 90.7 Å². The molecule has 4 aliphatic rings. The van der Waals surface area contributed by atoms with Crippen molar-refractivity contribution in [2.75, 3.05) is 62.4 Å². The third-order valence-electron chi connectivity index (χ3n) is 7.66. The summed E-state index contributed by atoms with van der Waals surface area (Å²) in [6, 6.07) is 22.4. The van der Waals surface area contributed by atoms with Crippen LogP contribution in [0.2, 0.25) is 0 Å². The number of carbonyl (C=O) groups is 2. The predicted octanol–water partition coefficient (Wildman–Crippen LogP) is 3.36. The second-order valence-electron chi connectivity index (χ2n) is 11.0. The first-order chi connectivity index (χ1) is 19.6. The monoisotopic (exact) mass is 540 g/mol. The van der Waals surface area contributed by atoms with E-state index in [1.54, 1.807) is 24.3 Å². The van der Waals surface area contributed by atoms with Crippen LogP contribution in [0.1, 0.15) is 31.8 Å². The molecule has 0 bridgehead atoms. The molecule has 0 saturated carbocycles. The average molecular weight is 541 g/mol. The molecule has 0 aromatic heterocycles. The summed E-state index contributed by atoms with van der Waals surface area (Å²) in [5.41, 5.74) is 4.29. The molecule has 4 atom stereocenters. The summed E-state index contributed by atoms with van der Waals surface area (Å²) in [6.07, 6.45) is 0.968. The van der Waals surface area contributed by atoms with Crippen molar-refractivity contribution in [3.8, 4) is 0 Å². The fourth-order valence-electron chi connectivity index (χ4n) is 5.04. The molecule has 4 heterocycles. The van der Waals surface area contributed by atoms with Gasteiger partial charge in [0.1, 0.15) is 0 Å². The highest BCUT2D eigenvalue weighted by Crippen LogP contribution is 2.26. The molecule has 4 unspecified atom stereocenters. The number of benzene rings is 3. The first kappa shape index (κ1) is 25.4. The molecule has 0 radical (unpaired) electrons. The molecule has 0 amide bonds. The maximum absolute atomic E-state index is 13.4. The SMILES string of the molecule is O=C(c1ccc(C(=O)c2cccc(N(CC3CO3)CC3CO3)c2)cc1)c1cccc(N(CC2CO2)CC2CO2)c1. The van der Waals surface area contributed by atoms with Crippen LogP contribution in [0, 0.1) is 0 Å². The van der Waals surface area contributed by atoms with Crippen molar-refractivity contribution in [1.82, 2.24) is 0 Å². The Balaban J connectivity index is 1.05. The quantitative estimate of drug-likeness (QED) is 0.227. The Labute approximate surface area is 233 Å². The highest BCUT2D eigenvalue weighted by molar-refractivity contribution is 6.12. The van der Waals surface area contributed by atoms with Crippen molar-refractivity contribution in [3.63, 3.8) is 0 Å². The first-order valence-corrected chi connectivity index (χ1v) is 13.9. The van der Waals surface area contributed by atoms with Crippen LogP contribution in [0.15, 0.2) is 72.8 Å². The molecule has 3 aromatic rings. The Bertz CT molecular complexity index is 1260. The van der Waals surface area contributed by atoms with E-state index in [0.29, 0.717) is 22.3 Å². The normalized spacial score (nSPS) is 23.8. The molecular formula is C32H32N2O6. The average Bonchev–Trinajstić information content (AvgIpc) is 3.81. The first-order valence-electron chi connectivity index (χ1n) is 13.9. The van der Waals surface area contributed by atoms with Crippen LogP contribution in [0.25, 0.3) is 0 Å². The molecule has 8 nitrogen and oxygen atoms in total. The Morgan fingerprint density at radius 3 is 1.15 bits per heavy atom. The van der Waals surface area contributed by atoms with Crippen molar-refractivity contribution < 1.29 is 28.5 Å². The second kappa shape index (κ2) is 10.8. The minimum absolute atomic E-state index is 0.0756. The number of carbonyl (C=O) groups excluding carboxylic acids is 2. The molecule has 4 saturated heterocycles. The van der Waals surface area contributed by atoms with Gasteiger partial charge in [0.2, 0.25) is 0 Å². The molecule has 0 N–H and O–H groups in total. The lowest BCUT2D eigenvalue weighted by Crippen LogP contribution is -2.31. The van der Waals surface area contributed by atoms with Crippen molar-refractivity contribution >= 4 is 22.9 Å². The standard InChI is InChI=1S/C32H32N2O6/c35-31(23-3-1-5-25(11-23)33(13-27-17-37-27)14-28-18-38-28)21-7-9-22(10-8-21)32(36)24-4-2-6-26(12-24)34(15-29-19-39-29)16-30-20-40-30/h1-12,27-30H,13-20H2. The van der Waals surface area contributed by atoms with Gasteiger partial charge in [-0.2, -0.15) is 0 Å². The predicted molar refractivity (Wildman–Crippen MR) is 150 cm³/mol. The molecule has 206 valence electrons. The van der Waals surface area contributed by atoms with Crippen LogP contribution in [0.5, 0.6) is 0 Å². The van der Waals surface area contributed by atoms with Gasteiger partial charge < -0.3 is 28.7 Å². The summed E-state index contributed by atoms with van der Waals surface area (Å²) in [5, 5.41) is 0. The van der Waals surface area contributed by atoms with Gasteiger partial charge in [-0.3, -0.25) is 9.59 Å². The zero-order valence-corrected chi connectivity index (χ0v) is 22.2. The molecule has 0 spiro atoms. The second-order valence-corrected chi connectivity index (χ2v) is 11.0. The maximum Gasteiger partial charge on any atom is 0.193 e. The summed E-state index contributed by atoms with van der Waals surface area (Å²) in [5.74, 6) is -0.151. The van der Waals surface area contributed by atoms with Gasteiger partial charge in [-0.05, 0) is 24.3 Å². The van der Waals surface area contributed by atoms with Crippen molar-refractivity contribution in [2.45, 2.75) is 24.4 Å². The van der Waals surface area contributed by atoms with Gasteiger partial charge >= 0.3 is 0 Å². The molecule has 4 fully saturated rings. The van der Waals surface area contributed by atoms with Crippen LogP contribution in [0.3, 0.4) is 0 Å². The smallest absolute Gasteiger partial charge is 0.193 e. The van der Waals surface area contributed by atoms with Gasteiger partial charge in [0.25, 0.3) is 0 Å². The van der Waals surface area contributed by atoms with E-state index < -0.39 is 0 Å². The summed E-state index contributed by atoms with van der Waals surface area (Å²) < 4.78 is 21.7. The fraction of sp³-hybridized carbons (Fsp3) is 0.375. The third kappa shape index (κ3) is 6.26. The van der Waals surface area contributed by atoms with E-state index in [1.165, 1.54) is 0 Å². The van der Waals surface area contributed by atoms with Gasteiger partial charge in [0.05, 0.1) is 50.8 Å². The third-order valence-corrected chi connectivity index (χ3v) is 7.66. The van der Waals surface area contributed by atoms with Gasteiger partial charge in [-0.15, -0.1) is 0 Å².